The van der Waals surface area contributed by atoms with Crippen LogP contribution in [-0.2, 0) is 4.79 Å². The normalized spacial score (nSPS) is 23.3. The van der Waals surface area contributed by atoms with Crippen LogP contribution < -0.4 is 5.32 Å². The molecule has 1 aliphatic heterocycles. The lowest BCUT2D eigenvalue weighted by molar-refractivity contribution is -0.125. The molecule has 1 heterocycles. The maximum Gasteiger partial charge on any atom is 0.222 e. The molecular formula is C16H31N3O2. The predicted molar refractivity (Wildman–Crippen MR) is 84.2 cm³/mol. The van der Waals surface area contributed by atoms with Crippen molar-refractivity contribution in [1.82, 2.24) is 15.1 Å². The molecule has 0 aromatic heterocycles. The van der Waals surface area contributed by atoms with Crippen LogP contribution in [-0.4, -0.2) is 72.2 Å². The van der Waals surface area contributed by atoms with Gasteiger partial charge in [-0.05, 0) is 32.4 Å². The minimum Gasteiger partial charge on any atom is -0.389 e. The number of piperazine rings is 1. The highest BCUT2D eigenvalue weighted by Crippen LogP contribution is 2.32. The third-order valence-electron chi connectivity index (χ3n) is 4.91. The first-order valence-corrected chi connectivity index (χ1v) is 8.55. The highest BCUT2D eigenvalue weighted by Gasteiger charge is 2.33. The van der Waals surface area contributed by atoms with Crippen molar-refractivity contribution in [2.45, 2.75) is 51.0 Å². The molecule has 1 aliphatic carbocycles. The number of carbonyl (C=O) groups excluding carboxylic acids is 1. The Morgan fingerprint density at radius 3 is 2.38 bits per heavy atom. The molecule has 1 saturated heterocycles. The van der Waals surface area contributed by atoms with E-state index in [4.69, 9.17) is 0 Å². The number of amides is 1. The third-order valence-corrected chi connectivity index (χ3v) is 4.91. The van der Waals surface area contributed by atoms with Crippen molar-refractivity contribution in [2.24, 2.45) is 0 Å². The van der Waals surface area contributed by atoms with Crippen molar-refractivity contribution in [3.8, 4) is 0 Å². The van der Waals surface area contributed by atoms with Crippen molar-refractivity contribution in [2.75, 3.05) is 45.8 Å². The number of nitrogens with zero attached hydrogens (tertiary/aromatic N) is 2. The standard InChI is InChI=1S/C16H31N3O2/c1-2-18-10-12-19(13-11-18)9-5-8-17-15(20)14-16(21)6-3-4-7-16/h21H,2-14H2,1H3,(H,17,20). The van der Waals surface area contributed by atoms with Crippen LogP contribution in [0.1, 0.15) is 45.4 Å². The summed E-state index contributed by atoms with van der Waals surface area (Å²) in [6, 6.07) is 0. The van der Waals surface area contributed by atoms with E-state index in [2.05, 4.69) is 22.0 Å². The fraction of sp³-hybridized carbons (Fsp3) is 0.938. The van der Waals surface area contributed by atoms with Crippen LogP contribution in [0.15, 0.2) is 0 Å². The molecule has 2 rings (SSSR count). The van der Waals surface area contributed by atoms with Gasteiger partial charge in [0, 0.05) is 32.7 Å². The maximum atomic E-state index is 11.8. The third kappa shape index (κ3) is 5.57. The van der Waals surface area contributed by atoms with Gasteiger partial charge in [-0.1, -0.05) is 19.8 Å². The zero-order valence-corrected chi connectivity index (χ0v) is 13.4. The summed E-state index contributed by atoms with van der Waals surface area (Å²) in [6.45, 7) is 9.75. The Morgan fingerprint density at radius 1 is 1.14 bits per heavy atom. The molecule has 2 aliphatic rings. The van der Waals surface area contributed by atoms with Gasteiger partial charge in [0.2, 0.25) is 5.91 Å². The average Bonchev–Trinajstić information content (AvgIpc) is 2.90. The molecule has 0 spiro atoms. The summed E-state index contributed by atoms with van der Waals surface area (Å²) in [5, 5.41) is 13.2. The maximum absolute atomic E-state index is 11.8. The first-order valence-electron chi connectivity index (χ1n) is 8.55. The zero-order valence-electron chi connectivity index (χ0n) is 13.4. The second-order valence-corrected chi connectivity index (χ2v) is 6.59. The van der Waals surface area contributed by atoms with E-state index < -0.39 is 5.60 Å². The Hall–Kier alpha value is -0.650. The molecule has 1 saturated carbocycles. The molecule has 0 unspecified atom stereocenters. The summed E-state index contributed by atoms with van der Waals surface area (Å²) in [4.78, 5) is 16.8. The van der Waals surface area contributed by atoms with Gasteiger partial charge in [0.1, 0.15) is 0 Å². The SMILES string of the molecule is CCN1CCN(CCCNC(=O)CC2(O)CCCC2)CC1. The summed E-state index contributed by atoms with van der Waals surface area (Å²) in [5.74, 6) is 0.00945. The Bertz CT molecular complexity index is 321. The van der Waals surface area contributed by atoms with Crippen LogP contribution in [0, 0.1) is 0 Å². The number of rotatable bonds is 7. The summed E-state index contributed by atoms with van der Waals surface area (Å²) in [5.41, 5.74) is -0.722. The van der Waals surface area contributed by atoms with E-state index >= 15 is 0 Å². The number of hydrogen-bond acceptors (Lipinski definition) is 4. The summed E-state index contributed by atoms with van der Waals surface area (Å²) in [6.07, 6.45) is 4.93. The van der Waals surface area contributed by atoms with Gasteiger partial charge in [-0.3, -0.25) is 4.79 Å². The lowest BCUT2D eigenvalue weighted by Crippen LogP contribution is -2.46. The van der Waals surface area contributed by atoms with Gasteiger partial charge in [-0.15, -0.1) is 0 Å². The number of carbonyl (C=O) groups is 1. The molecule has 0 aromatic rings. The van der Waals surface area contributed by atoms with Crippen molar-refractivity contribution in [3.63, 3.8) is 0 Å². The van der Waals surface area contributed by atoms with Gasteiger partial charge < -0.3 is 20.2 Å². The summed E-state index contributed by atoms with van der Waals surface area (Å²) in [7, 11) is 0. The Balaban J connectivity index is 1.52. The minimum atomic E-state index is -0.722. The second-order valence-electron chi connectivity index (χ2n) is 6.59. The number of aliphatic hydroxyl groups is 1. The highest BCUT2D eigenvalue weighted by atomic mass is 16.3. The van der Waals surface area contributed by atoms with Crippen molar-refractivity contribution in [1.29, 1.82) is 0 Å². The van der Waals surface area contributed by atoms with E-state index in [1.165, 1.54) is 0 Å². The Labute approximate surface area is 128 Å². The highest BCUT2D eigenvalue weighted by molar-refractivity contribution is 5.77. The number of likely N-dealkylation sites (N-methyl/N-ethyl adjacent to an activating group) is 1. The van der Waals surface area contributed by atoms with Crippen LogP contribution >= 0.6 is 0 Å². The second kappa shape index (κ2) is 8.11. The van der Waals surface area contributed by atoms with Crippen LogP contribution in [0.2, 0.25) is 0 Å². The summed E-state index contributed by atoms with van der Waals surface area (Å²) < 4.78 is 0. The molecular weight excluding hydrogens is 266 g/mol. The topological polar surface area (TPSA) is 55.8 Å². The van der Waals surface area contributed by atoms with Gasteiger partial charge in [-0.25, -0.2) is 0 Å². The lowest BCUT2D eigenvalue weighted by atomic mass is 9.98. The molecule has 1 amide bonds. The molecule has 5 nitrogen and oxygen atoms in total. The van der Waals surface area contributed by atoms with Gasteiger partial charge in [-0.2, -0.15) is 0 Å². The van der Waals surface area contributed by atoms with E-state index in [0.29, 0.717) is 0 Å². The van der Waals surface area contributed by atoms with Crippen molar-refractivity contribution >= 4 is 5.91 Å². The molecule has 0 bridgehead atoms. The average molecular weight is 297 g/mol. The van der Waals surface area contributed by atoms with Gasteiger partial charge in [0.05, 0.1) is 12.0 Å². The van der Waals surface area contributed by atoms with E-state index in [9.17, 15) is 9.90 Å². The molecule has 2 N–H and O–H groups in total. The van der Waals surface area contributed by atoms with Gasteiger partial charge in [0.25, 0.3) is 0 Å². The fourth-order valence-corrected chi connectivity index (χ4v) is 3.43. The lowest BCUT2D eigenvalue weighted by Gasteiger charge is -2.34. The number of nitrogens with one attached hydrogen (secondary N) is 1. The molecule has 0 radical (unpaired) electrons. The first-order chi connectivity index (χ1) is 10.1. The van der Waals surface area contributed by atoms with Gasteiger partial charge in [0.15, 0.2) is 0 Å². The van der Waals surface area contributed by atoms with E-state index in [0.717, 1.165) is 77.9 Å². The molecule has 5 heteroatoms. The van der Waals surface area contributed by atoms with E-state index in [1.807, 2.05) is 0 Å². The van der Waals surface area contributed by atoms with E-state index in [1.54, 1.807) is 0 Å². The molecule has 0 aromatic carbocycles. The number of hydrogen-bond donors (Lipinski definition) is 2. The molecule has 0 atom stereocenters. The van der Waals surface area contributed by atoms with Crippen LogP contribution in [0.5, 0.6) is 0 Å². The van der Waals surface area contributed by atoms with Crippen LogP contribution in [0.4, 0.5) is 0 Å². The smallest absolute Gasteiger partial charge is 0.222 e. The zero-order chi connectivity index (χ0) is 15.1. The van der Waals surface area contributed by atoms with Crippen LogP contribution in [0.3, 0.4) is 0 Å². The minimum absolute atomic E-state index is 0.00945. The van der Waals surface area contributed by atoms with Crippen molar-refractivity contribution < 1.29 is 9.90 Å². The predicted octanol–water partition coefficient (Wildman–Crippen LogP) is 0.825. The molecule has 21 heavy (non-hydrogen) atoms. The molecule has 122 valence electrons. The van der Waals surface area contributed by atoms with Crippen molar-refractivity contribution in [3.05, 3.63) is 0 Å². The summed E-state index contributed by atoms with van der Waals surface area (Å²) >= 11 is 0. The largest absolute Gasteiger partial charge is 0.389 e. The quantitative estimate of drug-likeness (QED) is 0.683. The molecule has 2 fully saturated rings. The van der Waals surface area contributed by atoms with Crippen LogP contribution in [0.25, 0.3) is 0 Å². The fourth-order valence-electron chi connectivity index (χ4n) is 3.43. The monoisotopic (exact) mass is 297 g/mol. The van der Waals surface area contributed by atoms with E-state index in [-0.39, 0.29) is 12.3 Å². The Kier molecular flexibility index (Phi) is 6.45. The van der Waals surface area contributed by atoms with Gasteiger partial charge >= 0.3 is 0 Å². The first kappa shape index (κ1) is 16.7. The Morgan fingerprint density at radius 2 is 1.76 bits per heavy atom.